The van der Waals surface area contributed by atoms with Gasteiger partial charge in [0.25, 0.3) is 0 Å². The second kappa shape index (κ2) is 6.59. The van der Waals surface area contributed by atoms with Crippen LogP contribution in [0.5, 0.6) is 0 Å². The van der Waals surface area contributed by atoms with Gasteiger partial charge in [-0.25, -0.2) is 9.67 Å². The van der Waals surface area contributed by atoms with E-state index >= 15 is 0 Å². The second-order valence-corrected chi connectivity index (χ2v) is 6.65. The lowest BCUT2D eigenvalue weighted by molar-refractivity contribution is 0.0993. The summed E-state index contributed by atoms with van der Waals surface area (Å²) in [4.78, 5) is 4.78. The Balaban J connectivity index is 1.65. The van der Waals surface area contributed by atoms with Gasteiger partial charge in [0, 0.05) is 36.3 Å². The molecule has 1 aromatic carbocycles. The molecule has 1 aromatic heterocycles. The van der Waals surface area contributed by atoms with Crippen molar-refractivity contribution in [2.75, 3.05) is 19.8 Å². The third-order valence-corrected chi connectivity index (χ3v) is 4.73. The minimum atomic E-state index is 0.0610. The lowest BCUT2D eigenvalue weighted by atomic mass is 10.1. The summed E-state index contributed by atoms with van der Waals surface area (Å²) in [5.74, 6) is 2.19. The zero-order valence-corrected chi connectivity index (χ0v) is 13.7. The quantitative estimate of drug-likeness (QED) is 0.859. The summed E-state index contributed by atoms with van der Waals surface area (Å²) in [6.07, 6.45) is 3.24. The third-order valence-electron chi connectivity index (χ3n) is 4.48. The van der Waals surface area contributed by atoms with Crippen LogP contribution in [0.4, 0.5) is 0 Å². The third kappa shape index (κ3) is 3.27. The Hall–Kier alpha value is -1.43. The van der Waals surface area contributed by atoms with E-state index < -0.39 is 0 Å². The first-order chi connectivity index (χ1) is 11.3. The summed E-state index contributed by atoms with van der Waals surface area (Å²) in [5.41, 5.74) is 0.982. The molecule has 2 fully saturated rings. The smallest absolute Gasteiger partial charge is 0.181 e. The maximum Gasteiger partial charge on any atom is 0.181 e. The molecule has 3 heterocycles. The van der Waals surface area contributed by atoms with Crippen LogP contribution in [0.15, 0.2) is 24.3 Å². The van der Waals surface area contributed by atoms with Crippen LogP contribution in [0.2, 0.25) is 5.02 Å². The summed E-state index contributed by atoms with van der Waals surface area (Å²) in [6.45, 7) is 3.30. The first kappa shape index (κ1) is 15.1. The van der Waals surface area contributed by atoms with Crippen molar-refractivity contribution in [1.29, 1.82) is 0 Å². The Labute approximate surface area is 140 Å². The lowest BCUT2D eigenvalue weighted by Gasteiger charge is -2.13. The standard InChI is InChI=1S/C17H20ClN3O2/c18-14-5-3-13(4-6-14)16-19-17(15-2-1-8-23-15)21(20-16)10-12-7-9-22-11-12/h3-6,12,15H,1-2,7-11H2/t12?,15-/m0/s1. The number of halogens is 1. The minimum absolute atomic E-state index is 0.0610. The van der Waals surface area contributed by atoms with E-state index in [-0.39, 0.29) is 6.10 Å². The fourth-order valence-corrected chi connectivity index (χ4v) is 3.33. The first-order valence-corrected chi connectivity index (χ1v) is 8.57. The zero-order valence-electron chi connectivity index (χ0n) is 12.9. The molecule has 0 amide bonds. The highest BCUT2D eigenvalue weighted by atomic mass is 35.5. The highest BCUT2D eigenvalue weighted by molar-refractivity contribution is 6.30. The van der Waals surface area contributed by atoms with Gasteiger partial charge in [-0.2, -0.15) is 5.10 Å². The van der Waals surface area contributed by atoms with Crippen LogP contribution in [-0.2, 0) is 16.0 Å². The van der Waals surface area contributed by atoms with Gasteiger partial charge < -0.3 is 9.47 Å². The summed E-state index contributed by atoms with van der Waals surface area (Å²) in [6, 6.07) is 7.65. The van der Waals surface area contributed by atoms with Crippen molar-refractivity contribution in [2.24, 2.45) is 5.92 Å². The molecule has 4 rings (SSSR count). The number of ether oxygens (including phenoxy) is 2. The molecular weight excluding hydrogens is 314 g/mol. The van der Waals surface area contributed by atoms with Crippen molar-refractivity contribution >= 4 is 11.6 Å². The number of rotatable bonds is 4. The van der Waals surface area contributed by atoms with Crippen molar-refractivity contribution in [3.8, 4) is 11.4 Å². The Morgan fingerprint density at radius 3 is 2.74 bits per heavy atom. The van der Waals surface area contributed by atoms with Crippen molar-refractivity contribution in [2.45, 2.75) is 31.9 Å². The highest BCUT2D eigenvalue weighted by Crippen LogP contribution is 2.30. The van der Waals surface area contributed by atoms with Crippen molar-refractivity contribution in [3.63, 3.8) is 0 Å². The van der Waals surface area contributed by atoms with E-state index in [1.807, 2.05) is 28.9 Å². The Bertz CT molecular complexity index is 659. The summed E-state index contributed by atoms with van der Waals surface area (Å²) >= 11 is 5.97. The first-order valence-electron chi connectivity index (χ1n) is 8.19. The van der Waals surface area contributed by atoms with Crippen molar-refractivity contribution < 1.29 is 9.47 Å². The van der Waals surface area contributed by atoms with Gasteiger partial charge in [-0.15, -0.1) is 0 Å². The number of hydrogen-bond acceptors (Lipinski definition) is 4. The molecule has 6 heteroatoms. The Morgan fingerprint density at radius 1 is 1.17 bits per heavy atom. The van der Waals surface area contributed by atoms with Crippen LogP contribution in [0, 0.1) is 5.92 Å². The lowest BCUT2D eigenvalue weighted by Crippen LogP contribution is -2.16. The molecule has 0 bridgehead atoms. The van der Waals surface area contributed by atoms with Crippen LogP contribution < -0.4 is 0 Å². The normalized spacial score (nSPS) is 24.4. The van der Waals surface area contributed by atoms with E-state index in [0.29, 0.717) is 5.92 Å². The van der Waals surface area contributed by atoms with Gasteiger partial charge in [0.1, 0.15) is 6.10 Å². The molecule has 23 heavy (non-hydrogen) atoms. The molecular formula is C17H20ClN3O2. The number of aromatic nitrogens is 3. The fourth-order valence-electron chi connectivity index (χ4n) is 3.20. The molecule has 1 unspecified atom stereocenters. The van der Waals surface area contributed by atoms with E-state index in [1.165, 1.54) is 0 Å². The average molecular weight is 334 g/mol. The van der Waals surface area contributed by atoms with Gasteiger partial charge in [0.2, 0.25) is 0 Å². The van der Waals surface area contributed by atoms with Gasteiger partial charge in [-0.05, 0) is 43.5 Å². The molecule has 0 aliphatic carbocycles. The zero-order chi connectivity index (χ0) is 15.6. The van der Waals surface area contributed by atoms with Crippen LogP contribution >= 0.6 is 11.6 Å². The Kier molecular flexibility index (Phi) is 4.33. The molecule has 2 aromatic rings. The fraction of sp³-hybridized carbons (Fsp3) is 0.529. The molecule has 122 valence electrons. The molecule has 2 saturated heterocycles. The van der Waals surface area contributed by atoms with Crippen LogP contribution in [-0.4, -0.2) is 34.6 Å². The van der Waals surface area contributed by atoms with Gasteiger partial charge in [0.05, 0.1) is 6.61 Å². The topological polar surface area (TPSA) is 49.2 Å². The molecule has 5 nitrogen and oxygen atoms in total. The number of nitrogens with zero attached hydrogens (tertiary/aromatic N) is 3. The molecule has 0 N–H and O–H groups in total. The summed E-state index contributed by atoms with van der Waals surface area (Å²) in [7, 11) is 0. The molecule has 0 radical (unpaired) electrons. The number of hydrogen-bond donors (Lipinski definition) is 0. The number of benzene rings is 1. The predicted octanol–water partition coefficient (Wildman–Crippen LogP) is 3.49. The van der Waals surface area contributed by atoms with E-state index in [9.17, 15) is 0 Å². The van der Waals surface area contributed by atoms with Crippen LogP contribution in [0.1, 0.15) is 31.2 Å². The van der Waals surface area contributed by atoms with Gasteiger partial charge >= 0.3 is 0 Å². The largest absolute Gasteiger partial charge is 0.381 e. The molecule has 2 aliphatic rings. The molecule has 2 aliphatic heterocycles. The molecule has 0 saturated carbocycles. The second-order valence-electron chi connectivity index (χ2n) is 6.21. The van der Waals surface area contributed by atoms with Crippen LogP contribution in [0.25, 0.3) is 11.4 Å². The SMILES string of the molecule is Clc1ccc(-c2nc([C@@H]3CCCO3)n(CC3CCOC3)n2)cc1. The summed E-state index contributed by atoms with van der Waals surface area (Å²) < 4.78 is 13.4. The maximum atomic E-state index is 5.97. The van der Waals surface area contributed by atoms with Crippen molar-refractivity contribution in [1.82, 2.24) is 14.8 Å². The van der Waals surface area contributed by atoms with E-state index in [1.54, 1.807) is 0 Å². The van der Waals surface area contributed by atoms with E-state index in [2.05, 4.69) is 0 Å². The monoisotopic (exact) mass is 333 g/mol. The Morgan fingerprint density at radius 2 is 2.04 bits per heavy atom. The van der Waals surface area contributed by atoms with E-state index in [0.717, 1.165) is 67.9 Å². The van der Waals surface area contributed by atoms with Gasteiger partial charge in [0.15, 0.2) is 11.6 Å². The van der Waals surface area contributed by atoms with Gasteiger partial charge in [-0.1, -0.05) is 11.6 Å². The van der Waals surface area contributed by atoms with Crippen molar-refractivity contribution in [3.05, 3.63) is 35.1 Å². The predicted molar refractivity (Wildman–Crippen MR) is 87.3 cm³/mol. The molecule has 0 spiro atoms. The summed E-state index contributed by atoms with van der Waals surface area (Å²) in [5, 5.41) is 5.46. The average Bonchev–Trinajstić information content (AvgIpc) is 3.29. The minimum Gasteiger partial charge on any atom is -0.381 e. The highest BCUT2D eigenvalue weighted by Gasteiger charge is 2.27. The van der Waals surface area contributed by atoms with Gasteiger partial charge in [-0.3, -0.25) is 0 Å². The molecule has 2 atom stereocenters. The van der Waals surface area contributed by atoms with Crippen LogP contribution in [0.3, 0.4) is 0 Å². The maximum absolute atomic E-state index is 5.97. The van der Waals surface area contributed by atoms with E-state index in [4.69, 9.17) is 31.2 Å².